The summed E-state index contributed by atoms with van der Waals surface area (Å²) in [6.07, 6.45) is 0. The Morgan fingerprint density at radius 1 is 0.237 bits per heavy atom. The van der Waals surface area contributed by atoms with E-state index < -0.39 is 0 Å². The monoisotopic (exact) mass is 754 g/mol. The first-order valence-electron chi connectivity index (χ1n) is 21.3. The van der Waals surface area contributed by atoms with E-state index >= 15 is 0 Å². The van der Waals surface area contributed by atoms with E-state index in [1.807, 2.05) is 0 Å². The summed E-state index contributed by atoms with van der Waals surface area (Å²) in [4.78, 5) is 0. The maximum Gasteiger partial charge on any atom is 0.0159 e. The van der Waals surface area contributed by atoms with Crippen LogP contribution < -0.4 is 0 Å². The van der Waals surface area contributed by atoms with Crippen molar-refractivity contribution in [1.29, 1.82) is 0 Å². The highest BCUT2D eigenvalue weighted by molar-refractivity contribution is 6.21. The predicted molar refractivity (Wildman–Crippen MR) is 250 cm³/mol. The molecule has 282 valence electrons. The average Bonchev–Trinajstić information content (AvgIpc) is 3.74. The van der Waals surface area contributed by atoms with Crippen LogP contribution in [0.3, 0.4) is 0 Å². The molecule has 9 aromatic rings. The third-order valence-electron chi connectivity index (χ3n) is 14.7. The zero-order valence-electron chi connectivity index (χ0n) is 34.7. The van der Waals surface area contributed by atoms with E-state index in [2.05, 4.69) is 211 Å². The summed E-state index contributed by atoms with van der Waals surface area (Å²) in [5.41, 5.74) is 24.1. The fourth-order valence-electron chi connectivity index (χ4n) is 11.6. The molecule has 0 unspecified atom stereocenters. The Morgan fingerprint density at radius 3 is 0.847 bits per heavy atom. The third kappa shape index (κ3) is 4.61. The summed E-state index contributed by atoms with van der Waals surface area (Å²) in [6.45, 7) is 14.3. The predicted octanol–water partition coefficient (Wildman–Crippen LogP) is 15.9. The second kappa shape index (κ2) is 11.8. The molecule has 12 rings (SSSR count). The highest BCUT2D eigenvalue weighted by atomic mass is 14.4. The van der Waals surface area contributed by atoms with Crippen molar-refractivity contribution in [3.8, 4) is 66.8 Å². The van der Waals surface area contributed by atoms with Gasteiger partial charge in [0, 0.05) is 16.2 Å². The average molecular weight is 755 g/mol. The number of hydrogen-bond acceptors (Lipinski definition) is 0. The van der Waals surface area contributed by atoms with Gasteiger partial charge in [0.1, 0.15) is 0 Å². The first-order valence-corrected chi connectivity index (χ1v) is 21.3. The van der Waals surface area contributed by atoms with Gasteiger partial charge in [-0.05, 0) is 146 Å². The summed E-state index contributed by atoms with van der Waals surface area (Å²) < 4.78 is 0. The maximum atomic E-state index is 2.51. The molecule has 0 bridgehead atoms. The van der Waals surface area contributed by atoms with Gasteiger partial charge in [0.15, 0.2) is 0 Å². The summed E-state index contributed by atoms with van der Waals surface area (Å²) >= 11 is 0. The minimum absolute atomic E-state index is 0.0260. The Balaban J connectivity index is 0.981. The van der Waals surface area contributed by atoms with E-state index in [4.69, 9.17) is 0 Å². The standard InChI is InChI=1S/C59H46/c1-57(2)49-21-13-11-15-39(49)41-27-23-35(31-51(41)57)36-24-28-43-44-30-26-38(34-54(44)59(5,6)52(43)32-36)56-47-19-9-7-17-45(47)55(46-18-8-10-20-48(46)56)37-25-29-42-40-16-12-14-22-50(40)58(3,4)53(42)33-37/h7-34H,1-6H3. The molecule has 0 heterocycles. The Morgan fingerprint density at radius 2 is 0.492 bits per heavy atom. The van der Waals surface area contributed by atoms with Crippen LogP contribution in [0.5, 0.6) is 0 Å². The van der Waals surface area contributed by atoms with Gasteiger partial charge < -0.3 is 0 Å². The topological polar surface area (TPSA) is 0 Å². The molecular formula is C59H46. The lowest BCUT2D eigenvalue weighted by Crippen LogP contribution is -2.15. The van der Waals surface area contributed by atoms with Crippen molar-refractivity contribution in [2.45, 2.75) is 57.8 Å². The summed E-state index contributed by atoms with van der Waals surface area (Å²) in [6, 6.07) is 64.8. The number of benzene rings is 9. The van der Waals surface area contributed by atoms with E-state index in [-0.39, 0.29) is 16.2 Å². The first-order chi connectivity index (χ1) is 28.5. The lowest BCUT2D eigenvalue weighted by molar-refractivity contribution is 0.659. The van der Waals surface area contributed by atoms with Crippen LogP contribution in [0, 0.1) is 0 Å². The van der Waals surface area contributed by atoms with Gasteiger partial charge in [-0.25, -0.2) is 0 Å². The van der Waals surface area contributed by atoms with Gasteiger partial charge in [0.25, 0.3) is 0 Å². The number of fused-ring (bicyclic) bond motifs is 11. The van der Waals surface area contributed by atoms with Crippen molar-refractivity contribution >= 4 is 21.5 Å². The van der Waals surface area contributed by atoms with Crippen molar-refractivity contribution in [3.63, 3.8) is 0 Å². The summed E-state index contributed by atoms with van der Waals surface area (Å²) in [7, 11) is 0. The minimum Gasteiger partial charge on any atom is -0.0619 e. The van der Waals surface area contributed by atoms with Crippen LogP contribution in [0.4, 0.5) is 0 Å². The van der Waals surface area contributed by atoms with Crippen LogP contribution in [0.1, 0.15) is 74.9 Å². The van der Waals surface area contributed by atoms with Gasteiger partial charge in [0.2, 0.25) is 0 Å². The number of rotatable bonds is 3. The van der Waals surface area contributed by atoms with Crippen molar-refractivity contribution < 1.29 is 0 Å². The highest BCUT2D eigenvalue weighted by Crippen LogP contribution is 2.55. The Kier molecular flexibility index (Phi) is 6.91. The smallest absolute Gasteiger partial charge is 0.0159 e. The highest BCUT2D eigenvalue weighted by Gasteiger charge is 2.39. The van der Waals surface area contributed by atoms with Crippen LogP contribution in [0.25, 0.3) is 88.3 Å². The van der Waals surface area contributed by atoms with E-state index in [0.29, 0.717) is 0 Å². The second-order valence-corrected chi connectivity index (χ2v) is 18.8. The lowest BCUT2D eigenvalue weighted by Gasteiger charge is -2.24. The minimum atomic E-state index is -0.163. The fourth-order valence-corrected chi connectivity index (χ4v) is 11.6. The molecule has 9 aromatic carbocycles. The molecule has 0 spiro atoms. The molecule has 0 radical (unpaired) electrons. The molecular weight excluding hydrogens is 709 g/mol. The van der Waals surface area contributed by atoms with Crippen molar-refractivity contribution in [2.24, 2.45) is 0 Å². The molecule has 59 heavy (non-hydrogen) atoms. The quantitative estimate of drug-likeness (QED) is 0.158. The zero-order chi connectivity index (χ0) is 40.0. The molecule has 0 saturated carbocycles. The van der Waals surface area contributed by atoms with Crippen LogP contribution in [-0.4, -0.2) is 0 Å². The Hall–Kier alpha value is -6.50. The van der Waals surface area contributed by atoms with Gasteiger partial charge in [-0.15, -0.1) is 0 Å². The molecule has 0 fully saturated rings. The molecule has 0 aromatic heterocycles. The molecule has 3 aliphatic carbocycles. The largest absolute Gasteiger partial charge is 0.0619 e. The third-order valence-corrected chi connectivity index (χ3v) is 14.7. The molecule has 0 N–H and O–H groups in total. The van der Waals surface area contributed by atoms with Gasteiger partial charge in [0.05, 0.1) is 0 Å². The molecule has 0 saturated heterocycles. The Labute approximate surface area is 347 Å². The molecule has 0 nitrogen and oxygen atoms in total. The van der Waals surface area contributed by atoms with Crippen LogP contribution >= 0.6 is 0 Å². The van der Waals surface area contributed by atoms with Crippen molar-refractivity contribution in [3.05, 3.63) is 203 Å². The summed E-state index contributed by atoms with van der Waals surface area (Å²) in [5, 5.41) is 5.17. The van der Waals surface area contributed by atoms with E-state index in [9.17, 15) is 0 Å². The fraction of sp³-hybridized carbons (Fsp3) is 0.153. The summed E-state index contributed by atoms with van der Waals surface area (Å²) in [5.74, 6) is 0. The first kappa shape index (κ1) is 34.5. The van der Waals surface area contributed by atoms with E-state index in [1.54, 1.807) is 0 Å². The van der Waals surface area contributed by atoms with Gasteiger partial charge in [-0.1, -0.05) is 187 Å². The van der Waals surface area contributed by atoms with E-state index in [1.165, 1.54) is 122 Å². The molecule has 0 aliphatic heterocycles. The zero-order valence-corrected chi connectivity index (χ0v) is 34.7. The van der Waals surface area contributed by atoms with Crippen LogP contribution in [0.15, 0.2) is 170 Å². The van der Waals surface area contributed by atoms with Gasteiger partial charge in [-0.3, -0.25) is 0 Å². The molecule has 3 aliphatic rings. The van der Waals surface area contributed by atoms with E-state index in [0.717, 1.165) is 0 Å². The van der Waals surface area contributed by atoms with Gasteiger partial charge >= 0.3 is 0 Å². The number of hydrogen-bond donors (Lipinski definition) is 0. The van der Waals surface area contributed by atoms with Crippen LogP contribution in [-0.2, 0) is 16.2 Å². The lowest BCUT2D eigenvalue weighted by atomic mass is 9.79. The molecule has 0 amide bonds. The Bertz CT molecular complexity index is 3240. The van der Waals surface area contributed by atoms with Crippen LogP contribution in [0.2, 0.25) is 0 Å². The molecule has 0 atom stereocenters. The molecule has 0 heteroatoms. The maximum absolute atomic E-state index is 2.51. The van der Waals surface area contributed by atoms with Crippen molar-refractivity contribution in [1.82, 2.24) is 0 Å². The normalized spacial score (nSPS) is 15.7. The second-order valence-electron chi connectivity index (χ2n) is 18.8. The van der Waals surface area contributed by atoms with Gasteiger partial charge in [-0.2, -0.15) is 0 Å². The SMILES string of the molecule is CC1(C)c2ccccc2-c2ccc(-c3ccc4c(c3)C(C)(C)c3cc(-c5c6ccccc6c(-c6ccc7c(c6)C(C)(C)c6ccccc6-7)c6ccccc56)ccc3-4)cc21. The van der Waals surface area contributed by atoms with Crippen molar-refractivity contribution in [2.75, 3.05) is 0 Å².